The maximum Gasteiger partial charge on any atom is 0.323 e. The van der Waals surface area contributed by atoms with E-state index in [0.29, 0.717) is 18.4 Å². The molecule has 0 radical (unpaired) electrons. The predicted octanol–water partition coefficient (Wildman–Crippen LogP) is 3.72. The second-order valence-corrected chi connectivity index (χ2v) is 7.78. The first-order valence-electron chi connectivity index (χ1n) is 8.69. The molecule has 0 spiro atoms. The van der Waals surface area contributed by atoms with Crippen molar-refractivity contribution in [3.63, 3.8) is 0 Å². The smallest absolute Gasteiger partial charge is 0.323 e. The normalized spacial score (nSPS) is 24.6. The molecular formula is C17H23N5OS. The van der Waals surface area contributed by atoms with E-state index < -0.39 is 0 Å². The number of anilines is 1. The molecule has 2 aromatic heterocycles. The van der Waals surface area contributed by atoms with Gasteiger partial charge in [0.1, 0.15) is 0 Å². The molecule has 3 heterocycles. The number of nitrogens with zero attached hydrogens (tertiary/aromatic N) is 4. The molecule has 7 heteroatoms. The maximum absolute atomic E-state index is 12.6. The SMILES string of the molecule is CC1CCN(C(=O)Nc2nc(C3CCC3)cs2)CC1n1ccnc1. The van der Waals surface area contributed by atoms with Gasteiger partial charge in [0.2, 0.25) is 0 Å². The van der Waals surface area contributed by atoms with Gasteiger partial charge in [0.25, 0.3) is 0 Å². The lowest BCUT2D eigenvalue weighted by Gasteiger charge is -2.37. The minimum atomic E-state index is -0.0403. The van der Waals surface area contributed by atoms with Crippen LogP contribution >= 0.6 is 11.3 Å². The van der Waals surface area contributed by atoms with E-state index in [0.717, 1.165) is 23.8 Å². The Morgan fingerprint density at radius 3 is 2.96 bits per heavy atom. The first-order chi connectivity index (χ1) is 11.7. The molecule has 1 saturated carbocycles. The van der Waals surface area contributed by atoms with Crippen LogP contribution in [0.2, 0.25) is 0 Å². The van der Waals surface area contributed by atoms with Gasteiger partial charge in [0, 0.05) is 36.8 Å². The number of likely N-dealkylation sites (tertiary alicyclic amines) is 1. The van der Waals surface area contributed by atoms with Crippen LogP contribution < -0.4 is 5.32 Å². The fourth-order valence-corrected chi connectivity index (χ4v) is 4.27. The molecule has 2 unspecified atom stereocenters. The van der Waals surface area contributed by atoms with Crippen LogP contribution in [0.4, 0.5) is 9.93 Å². The van der Waals surface area contributed by atoms with Crippen LogP contribution in [0.3, 0.4) is 0 Å². The number of hydrogen-bond acceptors (Lipinski definition) is 4. The van der Waals surface area contributed by atoms with Crippen LogP contribution in [0.15, 0.2) is 24.1 Å². The topological polar surface area (TPSA) is 63.1 Å². The van der Waals surface area contributed by atoms with Gasteiger partial charge in [-0.1, -0.05) is 13.3 Å². The monoisotopic (exact) mass is 345 g/mol. The summed E-state index contributed by atoms with van der Waals surface area (Å²) in [5, 5.41) is 5.80. The second-order valence-electron chi connectivity index (χ2n) is 6.92. The summed E-state index contributed by atoms with van der Waals surface area (Å²) in [6.07, 6.45) is 10.4. The Hall–Kier alpha value is -1.89. The van der Waals surface area contributed by atoms with E-state index >= 15 is 0 Å². The second kappa shape index (κ2) is 6.55. The lowest BCUT2D eigenvalue weighted by atomic mass is 9.83. The van der Waals surface area contributed by atoms with Gasteiger partial charge in [-0.15, -0.1) is 11.3 Å². The minimum Gasteiger partial charge on any atom is -0.332 e. The van der Waals surface area contributed by atoms with Gasteiger partial charge < -0.3 is 9.47 Å². The van der Waals surface area contributed by atoms with Crippen LogP contribution in [0.5, 0.6) is 0 Å². The summed E-state index contributed by atoms with van der Waals surface area (Å²) in [6.45, 7) is 3.74. The highest BCUT2D eigenvalue weighted by Crippen LogP contribution is 2.37. The van der Waals surface area contributed by atoms with E-state index in [2.05, 4.69) is 32.2 Å². The van der Waals surface area contributed by atoms with Crippen molar-refractivity contribution >= 4 is 22.5 Å². The summed E-state index contributed by atoms with van der Waals surface area (Å²) < 4.78 is 2.11. The number of carbonyl (C=O) groups is 1. The Morgan fingerprint density at radius 2 is 2.25 bits per heavy atom. The number of hydrogen-bond donors (Lipinski definition) is 1. The molecule has 2 fully saturated rings. The van der Waals surface area contributed by atoms with E-state index in [4.69, 9.17) is 0 Å². The Labute approximate surface area is 145 Å². The summed E-state index contributed by atoms with van der Waals surface area (Å²) in [4.78, 5) is 23.2. The van der Waals surface area contributed by atoms with Gasteiger partial charge in [0.05, 0.1) is 18.1 Å². The third kappa shape index (κ3) is 3.05. The molecule has 24 heavy (non-hydrogen) atoms. The van der Waals surface area contributed by atoms with E-state index in [1.165, 1.54) is 30.6 Å². The molecule has 6 nitrogen and oxygen atoms in total. The molecule has 4 rings (SSSR count). The summed E-state index contributed by atoms with van der Waals surface area (Å²) in [5.74, 6) is 1.14. The number of piperidine rings is 1. The van der Waals surface area contributed by atoms with E-state index in [1.807, 2.05) is 17.4 Å². The predicted molar refractivity (Wildman–Crippen MR) is 94.3 cm³/mol. The number of thiazole rings is 1. The van der Waals surface area contributed by atoms with E-state index in [9.17, 15) is 4.79 Å². The van der Waals surface area contributed by atoms with Crippen molar-refractivity contribution in [1.82, 2.24) is 19.4 Å². The van der Waals surface area contributed by atoms with Crippen LogP contribution in [-0.4, -0.2) is 38.6 Å². The molecule has 1 N–H and O–H groups in total. The van der Waals surface area contributed by atoms with Crippen LogP contribution in [0, 0.1) is 5.92 Å². The van der Waals surface area contributed by atoms with Crippen molar-refractivity contribution in [2.24, 2.45) is 5.92 Å². The van der Waals surface area contributed by atoms with E-state index in [-0.39, 0.29) is 12.1 Å². The highest BCUT2D eigenvalue weighted by molar-refractivity contribution is 7.13. The average Bonchev–Trinajstić information content (AvgIpc) is 3.18. The number of rotatable bonds is 3. The Kier molecular flexibility index (Phi) is 4.26. The zero-order chi connectivity index (χ0) is 16.5. The molecule has 1 aliphatic heterocycles. The molecule has 2 atom stereocenters. The quantitative estimate of drug-likeness (QED) is 0.922. The van der Waals surface area contributed by atoms with Gasteiger partial charge in [-0.3, -0.25) is 5.32 Å². The minimum absolute atomic E-state index is 0.0403. The van der Waals surface area contributed by atoms with Crippen molar-refractivity contribution in [1.29, 1.82) is 0 Å². The zero-order valence-corrected chi connectivity index (χ0v) is 14.7. The first-order valence-corrected chi connectivity index (χ1v) is 9.57. The third-order valence-corrected chi connectivity index (χ3v) is 6.15. The highest BCUT2D eigenvalue weighted by Gasteiger charge is 2.30. The Morgan fingerprint density at radius 1 is 1.38 bits per heavy atom. The summed E-state index contributed by atoms with van der Waals surface area (Å²) >= 11 is 1.53. The summed E-state index contributed by atoms with van der Waals surface area (Å²) in [6, 6.07) is 0.246. The van der Waals surface area contributed by atoms with Gasteiger partial charge in [-0.25, -0.2) is 14.8 Å². The molecule has 0 aromatic carbocycles. The van der Waals surface area contributed by atoms with Crippen molar-refractivity contribution in [2.45, 2.75) is 44.6 Å². The molecule has 2 aromatic rings. The molecule has 2 amide bonds. The number of aromatic nitrogens is 3. The summed E-state index contributed by atoms with van der Waals surface area (Å²) in [5.41, 5.74) is 1.14. The lowest BCUT2D eigenvalue weighted by Crippen LogP contribution is -2.45. The fraction of sp³-hybridized carbons (Fsp3) is 0.588. The number of urea groups is 1. The fourth-order valence-electron chi connectivity index (χ4n) is 3.49. The molecule has 128 valence electrons. The number of nitrogens with one attached hydrogen (secondary N) is 1. The molecule has 2 aliphatic rings. The lowest BCUT2D eigenvalue weighted by molar-refractivity contribution is 0.149. The van der Waals surface area contributed by atoms with Gasteiger partial charge in [-0.2, -0.15) is 0 Å². The van der Waals surface area contributed by atoms with Gasteiger partial charge in [0.15, 0.2) is 5.13 Å². The molecule has 1 saturated heterocycles. The van der Waals surface area contributed by atoms with Gasteiger partial charge in [-0.05, 0) is 25.2 Å². The average molecular weight is 345 g/mol. The molecule has 0 bridgehead atoms. The van der Waals surface area contributed by atoms with E-state index in [1.54, 1.807) is 6.20 Å². The number of amides is 2. The van der Waals surface area contributed by atoms with Crippen molar-refractivity contribution in [3.05, 3.63) is 29.8 Å². The summed E-state index contributed by atoms with van der Waals surface area (Å²) in [7, 11) is 0. The number of carbonyl (C=O) groups excluding carboxylic acids is 1. The third-order valence-electron chi connectivity index (χ3n) is 5.37. The van der Waals surface area contributed by atoms with Gasteiger partial charge >= 0.3 is 6.03 Å². The van der Waals surface area contributed by atoms with Crippen molar-refractivity contribution in [2.75, 3.05) is 18.4 Å². The number of imidazole rings is 1. The standard InChI is InChI=1S/C17H23N5OS/c1-12-5-7-21(9-15(12)22-8-6-18-11-22)17(23)20-16-19-14(10-24-16)13-3-2-4-13/h6,8,10-13,15H,2-5,7,9H2,1H3,(H,19,20,23). The molecule has 1 aliphatic carbocycles. The molecular weight excluding hydrogens is 322 g/mol. The first kappa shape index (κ1) is 15.6. The largest absolute Gasteiger partial charge is 0.332 e. The van der Waals surface area contributed by atoms with Crippen LogP contribution in [-0.2, 0) is 0 Å². The maximum atomic E-state index is 12.6. The van der Waals surface area contributed by atoms with Crippen molar-refractivity contribution < 1.29 is 4.79 Å². The Balaban J connectivity index is 1.39. The van der Waals surface area contributed by atoms with Crippen LogP contribution in [0.1, 0.15) is 50.3 Å². The van der Waals surface area contributed by atoms with Crippen molar-refractivity contribution in [3.8, 4) is 0 Å². The highest BCUT2D eigenvalue weighted by atomic mass is 32.1. The Bertz CT molecular complexity index is 694. The zero-order valence-electron chi connectivity index (χ0n) is 13.9. The van der Waals surface area contributed by atoms with Crippen LogP contribution in [0.25, 0.3) is 0 Å².